The van der Waals surface area contributed by atoms with Crippen molar-refractivity contribution < 1.29 is 22.4 Å². The van der Waals surface area contributed by atoms with Gasteiger partial charge in [-0.25, -0.2) is 12.8 Å². The molecule has 1 aromatic heterocycles. The Bertz CT molecular complexity index is 934. The first kappa shape index (κ1) is 21.2. The Hall–Kier alpha value is -2.09. The molecular weight excluding hydrogens is 417 g/mol. The number of benzene rings is 1. The average Bonchev–Trinajstić information content (AvgIpc) is 2.99. The highest BCUT2D eigenvalue weighted by atomic mass is 32.2. The highest BCUT2D eigenvalue weighted by Gasteiger charge is 2.17. The van der Waals surface area contributed by atoms with Gasteiger partial charge in [0.1, 0.15) is 5.82 Å². The third-order valence-corrected chi connectivity index (χ3v) is 6.25. The number of carbonyl (C=O) groups is 2. The second-order valence-electron chi connectivity index (χ2n) is 5.29. The number of thioether (sulfide) groups is 1. The molecule has 0 bridgehead atoms. The van der Waals surface area contributed by atoms with Crippen LogP contribution in [0.1, 0.15) is 0 Å². The summed E-state index contributed by atoms with van der Waals surface area (Å²) in [7, 11) is -2.18. The Morgan fingerprint density at radius 2 is 2.00 bits per heavy atom. The molecule has 2 N–H and O–H groups in total. The lowest BCUT2D eigenvalue weighted by Gasteiger charge is -2.12. The largest absolute Gasteiger partial charge is 0.325 e. The lowest BCUT2D eigenvalue weighted by atomic mass is 10.3. The number of aromatic nitrogens is 2. The van der Waals surface area contributed by atoms with Gasteiger partial charge in [-0.2, -0.15) is 4.31 Å². The first-order chi connectivity index (χ1) is 12.6. The van der Waals surface area contributed by atoms with Gasteiger partial charge in [-0.05, 0) is 18.2 Å². The third-order valence-electron chi connectivity index (χ3n) is 3.02. The van der Waals surface area contributed by atoms with Gasteiger partial charge in [0, 0.05) is 12.7 Å². The van der Waals surface area contributed by atoms with Gasteiger partial charge >= 0.3 is 0 Å². The molecule has 13 heteroatoms. The summed E-state index contributed by atoms with van der Waals surface area (Å²) in [5, 5.41) is 12.8. The van der Waals surface area contributed by atoms with Gasteiger partial charge < -0.3 is 5.32 Å². The minimum absolute atomic E-state index is 0.0237. The fourth-order valence-electron chi connectivity index (χ4n) is 1.69. The number of hydrogen-bond acceptors (Lipinski definition) is 8. The van der Waals surface area contributed by atoms with Crippen LogP contribution in [0.5, 0.6) is 0 Å². The maximum Gasteiger partial charge on any atom is 0.241 e. The molecule has 9 nitrogen and oxygen atoms in total. The van der Waals surface area contributed by atoms with E-state index in [-0.39, 0.29) is 23.3 Å². The van der Waals surface area contributed by atoms with Crippen LogP contribution in [0.2, 0.25) is 0 Å². The highest BCUT2D eigenvalue weighted by Crippen LogP contribution is 2.25. The summed E-state index contributed by atoms with van der Waals surface area (Å²) in [4.78, 5) is 23.7. The van der Waals surface area contributed by atoms with Gasteiger partial charge in [-0.15, -0.1) is 10.2 Å². The Morgan fingerprint density at radius 1 is 1.26 bits per heavy atom. The fourth-order valence-corrected chi connectivity index (χ4v) is 3.61. The zero-order chi connectivity index (χ0) is 20.0. The SMILES string of the molecule is CN(CC(=O)Nc1nnc(SCC(=O)Nc2cccc(F)c2)s1)S(C)(=O)=O. The molecular formula is C14H16FN5O4S3. The molecule has 0 spiro atoms. The van der Waals surface area contributed by atoms with Crippen LogP contribution >= 0.6 is 23.1 Å². The molecule has 2 rings (SSSR count). The normalized spacial score (nSPS) is 11.4. The van der Waals surface area contributed by atoms with Crippen molar-refractivity contribution in [2.75, 3.05) is 36.2 Å². The molecule has 0 aliphatic heterocycles. The van der Waals surface area contributed by atoms with Crippen molar-refractivity contribution in [2.24, 2.45) is 0 Å². The quantitative estimate of drug-likeness (QED) is 0.474. The first-order valence-electron chi connectivity index (χ1n) is 7.36. The summed E-state index contributed by atoms with van der Waals surface area (Å²) < 4.78 is 37.0. The van der Waals surface area contributed by atoms with Crippen molar-refractivity contribution in [3.8, 4) is 0 Å². The van der Waals surface area contributed by atoms with Gasteiger partial charge in [-0.3, -0.25) is 14.9 Å². The molecule has 2 amide bonds. The Kier molecular flexibility index (Phi) is 7.24. The number of sulfonamides is 1. The second-order valence-corrected chi connectivity index (χ2v) is 9.58. The summed E-state index contributed by atoms with van der Waals surface area (Å²) in [5.41, 5.74) is 0.348. The van der Waals surface area contributed by atoms with Gasteiger partial charge in [0.25, 0.3) is 0 Å². The molecule has 0 unspecified atom stereocenters. The number of halogens is 1. The second kappa shape index (κ2) is 9.21. The number of amides is 2. The van der Waals surface area contributed by atoms with Gasteiger partial charge in [-0.1, -0.05) is 29.2 Å². The van der Waals surface area contributed by atoms with E-state index in [1.165, 1.54) is 25.2 Å². The maximum atomic E-state index is 13.1. The van der Waals surface area contributed by atoms with Crippen molar-refractivity contribution >= 4 is 55.8 Å². The fraction of sp³-hybridized carbons (Fsp3) is 0.286. The molecule has 1 aromatic carbocycles. The van der Waals surface area contributed by atoms with Crippen LogP contribution in [0.3, 0.4) is 0 Å². The third kappa shape index (κ3) is 7.21. The molecule has 0 atom stereocenters. The Morgan fingerprint density at radius 3 is 2.67 bits per heavy atom. The number of likely N-dealkylation sites (N-methyl/N-ethyl adjacent to an activating group) is 1. The minimum atomic E-state index is -3.46. The summed E-state index contributed by atoms with van der Waals surface area (Å²) >= 11 is 2.15. The van der Waals surface area contributed by atoms with Crippen molar-refractivity contribution in [1.82, 2.24) is 14.5 Å². The molecule has 0 saturated heterocycles. The van der Waals surface area contributed by atoms with E-state index in [9.17, 15) is 22.4 Å². The summed E-state index contributed by atoms with van der Waals surface area (Å²) in [5.74, 6) is -1.33. The van der Waals surface area contributed by atoms with Gasteiger partial charge in [0.15, 0.2) is 4.34 Å². The van der Waals surface area contributed by atoms with E-state index in [1.807, 2.05) is 0 Å². The number of carbonyl (C=O) groups excluding carboxylic acids is 2. The molecule has 0 aliphatic rings. The molecule has 0 radical (unpaired) electrons. The van der Waals surface area contributed by atoms with Crippen LogP contribution < -0.4 is 10.6 Å². The van der Waals surface area contributed by atoms with E-state index >= 15 is 0 Å². The zero-order valence-electron chi connectivity index (χ0n) is 14.3. The maximum absolute atomic E-state index is 13.1. The lowest BCUT2D eigenvalue weighted by Crippen LogP contribution is -2.34. The van der Waals surface area contributed by atoms with Crippen LogP contribution in [0.15, 0.2) is 28.6 Å². The van der Waals surface area contributed by atoms with Gasteiger partial charge in [0.05, 0.1) is 18.6 Å². The number of nitrogens with one attached hydrogen (secondary N) is 2. The standard InChI is InChI=1S/C14H16FN5O4S3/c1-20(27(2,23)24)7-11(21)17-13-18-19-14(26-13)25-8-12(22)16-10-5-3-4-9(15)6-10/h3-6H,7-8H2,1-2H3,(H,16,22)(H,17,18,21). The lowest BCUT2D eigenvalue weighted by molar-refractivity contribution is -0.116. The smallest absolute Gasteiger partial charge is 0.241 e. The Labute approximate surface area is 163 Å². The molecule has 0 aliphatic carbocycles. The van der Waals surface area contributed by atoms with Crippen LogP contribution in [0, 0.1) is 5.82 Å². The van der Waals surface area contributed by atoms with E-state index in [0.29, 0.717) is 10.0 Å². The summed E-state index contributed by atoms with van der Waals surface area (Å²) in [6.07, 6.45) is 0.995. The number of hydrogen-bond donors (Lipinski definition) is 2. The van der Waals surface area contributed by atoms with E-state index < -0.39 is 21.7 Å². The average molecular weight is 434 g/mol. The topological polar surface area (TPSA) is 121 Å². The molecule has 1 heterocycles. The monoisotopic (exact) mass is 433 g/mol. The molecule has 2 aromatic rings. The van der Waals surface area contributed by atoms with Crippen molar-refractivity contribution in [1.29, 1.82) is 0 Å². The van der Waals surface area contributed by atoms with Crippen molar-refractivity contribution in [3.05, 3.63) is 30.1 Å². The summed E-state index contributed by atoms with van der Waals surface area (Å²) in [6, 6.07) is 5.53. The van der Waals surface area contributed by atoms with E-state index in [2.05, 4.69) is 20.8 Å². The van der Waals surface area contributed by atoms with Crippen molar-refractivity contribution in [2.45, 2.75) is 4.34 Å². The summed E-state index contributed by atoms with van der Waals surface area (Å²) in [6.45, 7) is -0.350. The van der Waals surface area contributed by atoms with E-state index in [1.54, 1.807) is 6.07 Å². The number of anilines is 2. The van der Waals surface area contributed by atoms with Crippen molar-refractivity contribution in [3.63, 3.8) is 0 Å². The predicted octanol–water partition coefficient (Wildman–Crippen LogP) is 1.24. The van der Waals surface area contributed by atoms with Crippen LogP contribution in [0.25, 0.3) is 0 Å². The van der Waals surface area contributed by atoms with Gasteiger partial charge in [0.2, 0.25) is 27.0 Å². The zero-order valence-corrected chi connectivity index (χ0v) is 16.8. The molecule has 0 fully saturated rings. The first-order valence-corrected chi connectivity index (χ1v) is 11.0. The van der Waals surface area contributed by atoms with Crippen LogP contribution in [-0.2, 0) is 19.6 Å². The van der Waals surface area contributed by atoms with Crippen LogP contribution in [-0.4, -0.2) is 60.3 Å². The molecule has 27 heavy (non-hydrogen) atoms. The molecule has 0 saturated carbocycles. The predicted molar refractivity (Wildman–Crippen MR) is 102 cm³/mol. The van der Waals surface area contributed by atoms with E-state index in [0.717, 1.165) is 33.7 Å². The van der Waals surface area contributed by atoms with Crippen LogP contribution in [0.4, 0.5) is 15.2 Å². The minimum Gasteiger partial charge on any atom is -0.325 e. The number of rotatable bonds is 8. The number of nitrogens with zero attached hydrogens (tertiary/aromatic N) is 3. The Balaban J connectivity index is 1.81. The molecule has 146 valence electrons. The highest BCUT2D eigenvalue weighted by molar-refractivity contribution is 8.01. The van der Waals surface area contributed by atoms with E-state index in [4.69, 9.17) is 0 Å².